The van der Waals surface area contributed by atoms with Crippen molar-refractivity contribution < 1.29 is 4.79 Å². The zero-order valence-corrected chi connectivity index (χ0v) is 9.48. The van der Waals surface area contributed by atoms with Crippen molar-refractivity contribution in [3.63, 3.8) is 0 Å². The Morgan fingerprint density at radius 1 is 1.47 bits per heavy atom. The first-order chi connectivity index (χ1) is 8.25. The van der Waals surface area contributed by atoms with Gasteiger partial charge in [0.25, 0.3) is 5.91 Å². The van der Waals surface area contributed by atoms with Crippen LogP contribution in [0.3, 0.4) is 0 Å². The summed E-state index contributed by atoms with van der Waals surface area (Å²) in [5.41, 5.74) is 0.322. The molecule has 2 aromatic rings. The zero-order valence-electron chi connectivity index (χ0n) is 8.72. The standard InChI is InChI=1S/C9H9ClN6O/c10-6-1-2-7(12-5-6)9(17)11-4-3-8-13-15-16-14-8/h1-2,5H,3-4H2,(H,11,17)(H,13,14,15,16). The van der Waals surface area contributed by atoms with Gasteiger partial charge in [0.2, 0.25) is 0 Å². The van der Waals surface area contributed by atoms with Crippen molar-refractivity contribution in [2.24, 2.45) is 0 Å². The molecule has 0 saturated carbocycles. The minimum atomic E-state index is -0.259. The summed E-state index contributed by atoms with van der Waals surface area (Å²) >= 11 is 5.67. The van der Waals surface area contributed by atoms with Gasteiger partial charge in [-0.05, 0) is 12.1 Å². The van der Waals surface area contributed by atoms with Crippen LogP contribution in [0, 0.1) is 0 Å². The van der Waals surface area contributed by atoms with E-state index in [1.807, 2.05) is 0 Å². The molecular weight excluding hydrogens is 244 g/mol. The number of pyridine rings is 1. The lowest BCUT2D eigenvalue weighted by Crippen LogP contribution is -2.26. The monoisotopic (exact) mass is 252 g/mol. The SMILES string of the molecule is O=C(NCCc1nn[nH]n1)c1ccc(Cl)cn1. The van der Waals surface area contributed by atoms with Crippen molar-refractivity contribution in [1.82, 2.24) is 30.9 Å². The summed E-state index contributed by atoms with van der Waals surface area (Å²) in [4.78, 5) is 15.5. The molecule has 2 heterocycles. The predicted octanol–water partition coefficient (Wildman–Crippen LogP) is 0.221. The molecule has 2 aromatic heterocycles. The Morgan fingerprint density at radius 2 is 2.35 bits per heavy atom. The Balaban J connectivity index is 1.83. The quantitative estimate of drug-likeness (QED) is 0.811. The van der Waals surface area contributed by atoms with Crippen molar-refractivity contribution in [2.75, 3.05) is 6.54 Å². The summed E-state index contributed by atoms with van der Waals surface area (Å²) in [6.45, 7) is 0.419. The van der Waals surface area contributed by atoms with Crippen LogP contribution in [0.4, 0.5) is 0 Å². The number of carbonyl (C=O) groups is 1. The number of amides is 1. The number of rotatable bonds is 4. The summed E-state index contributed by atoms with van der Waals surface area (Å²) in [7, 11) is 0. The number of carbonyl (C=O) groups excluding carboxylic acids is 1. The number of hydrogen-bond donors (Lipinski definition) is 2. The van der Waals surface area contributed by atoms with E-state index < -0.39 is 0 Å². The fraction of sp³-hybridized carbons (Fsp3) is 0.222. The van der Waals surface area contributed by atoms with Crippen molar-refractivity contribution in [3.8, 4) is 0 Å². The number of nitrogens with zero attached hydrogens (tertiary/aromatic N) is 4. The Bertz CT molecular complexity index is 483. The summed E-state index contributed by atoms with van der Waals surface area (Å²) in [5.74, 6) is 0.291. The molecule has 2 N–H and O–H groups in total. The summed E-state index contributed by atoms with van der Waals surface area (Å²) in [5, 5.41) is 16.5. The highest BCUT2D eigenvalue weighted by Crippen LogP contribution is 2.05. The van der Waals surface area contributed by atoms with Gasteiger partial charge in [-0.3, -0.25) is 4.79 Å². The fourth-order valence-corrected chi connectivity index (χ4v) is 1.29. The van der Waals surface area contributed by atoms with Crippen molar-refractivity contribution >= 4 is 17.5 Å². The van der Waals surface area contributed by atoms with Gasteiger partial charge in [0.05, 0.1) is 5.02 Å². The molecule has 0 fully saturated rings. The third kappa shape index (κ3) is 3.22. The molecule has 0 radical (unpaired) electrons. The number of H-pyrrole nitrogens is 1. The molecule has 2 rings (SSSR count). The topological polar surface area (TPSA) is 96.5 Å². The number of halogens is 1. The van der Waals surface area contributed by atoms with Gasteiger partial charge in [0, 0.05) is 19.2 Å². The van der Waals surface area contributed by atoms with Crippen LogP contribution < -0.4 is 5.32 Å². The van der Waals surface area contributed by atoms with Crippen LogP contribution in [0.2, 0.25) is 5.02 Å². The van der Waals surface area contributed by atoms with Gasteiger partial charge in [-0.25, -0.2) is 4.98 Å². The van der Waals surface area contributed by atoms with E-state index in [0.29, 0.717) is 29.5 Å². The fourth-order valence-electron chi connectivity index (χ4n) is 1.18. The molecular formula is C9H9ClN6O. The summed E-state index contributed by atoms with van der Waals surface area (Å²) < 4.78 is 0. The Kier molecular flexibility index (Phi) is 3.61. The van der Waals surface area contributed by atoms with E-state index in [2.05, 4.69) is 30.9 Å². The van der Waals surface area contributed by atoms with Gasteiger partial charge < -0.3 is 5.32 Å². The lowest BCUT2D eigenvalue weighted by atomic mass is 10.3. The zero-order chi connectivity index (χ0) is 12.1. The second kappa shape index (κ2) is 5.35. The van der Waals surface area contributed by atoms with Crippen LogP contribution >= 0.6 is 11.6 Å². The molecule has 7 nitrogen and oxygen atoms in total. The van der Waals surface area contributed by atoms with Gasteiger partial charge in [0.1, 0.15) is 5.69 Å². The first-order valence-corrected chi connectivity index (χ1v) is 5.25. The average Bonchev–Trinajstić information content (AvgIpc) is 2.83. The van der Waals surface area contributed by atoms with Crippen LogP contribution in [0.5, 0.6) is 0 Å². The molecule has 0 atom stereocenters. The van der Waals surface area contributed by atoms with E-state index in [4.69, 9.17) is 11.6 Å². The van der Waals surface area contributed by atoms with Crippen molar-refractivity contribution in [3.05, 3.63) is 34.9 Å². The van der Waals surface area contributed by atoms with Crippen LogP contribution in [-0.2, 0) is 6.42 Å². The second-order valence-corrected chi connectivity index (χ2v) is 3.63. The Labute approximate surface area is 102 Å². The molecule has 17 heavy (non-hydrogen) atoms. The van der Waals surface area contributed by atoms with Crippen molar-refractivity contribution in [1.29, 1.82) is 0 Å². The van der Waals surface area contributed by atoms with Gasteiger partial charge in [-0.2, -0.15) is 5.21 Å². The molecule has 8 heteroatoms. The number of aromatic amines is 1. The number of aromatic nitrogens is 5. The van der Waals surface area contributed by atoms with E-state index in [-0.39, 0.29) is 5.91 Å². The van der Waals surface area contributed by atoms with Gasteiger partial charge in [0.15, 0.2) is 5.82 Å². The van der Waals surface area contributed by atoms with Crippen LogP contribution in [-0.4, -0.2) is 38.1 Å². The maximum atomic E-state index is 11.6. The predicted molar refractivity (Wildman–Crippen MR) is 59.5 cm³/mol. The van der Waals surface area contributed by atoms with E-state index in [0.717, 1.165) is 0 Å². The van der Waals surface area contributed by atoms with Crippen molar-refractivity contribution in [2.45, 2.75) is 6.42 Å². The Hall–Kier alpha value is -2.02. The molecule has 88 valence electrons. The van der Waals surface area contributed by atoms with Gasteiger partial charge in [-0.1, -0.05) is 16.8 Å². The second-order valence-electron chi connectivity index (χ2n) is 3.20. The van der Waals surface area contributed by atoms with E-state index in [1.54, 1.807) is 12.1 Å². The summed E-state index contributed by atoms with van der Waals surface area (Å²) in [6, 6.07) is 3.18. The van der Waals surface area contributed by atoms with E-state index in [1.165, 1.54) is 6.20 Å². The highest BCUT2D eigenvalue weighted by atomic mass is 35.5. The van der Waals surface area contributed by atoms with Gasteiger partial charge >= 0.3 is 0 Å². The van der Waals surface area contributed by atoms with E-state index >= 15 is 0 Å². The largest absolute Gasteiger partial charge is 0.350 e. The average molecular weight is 253 g/mol. The third-order valence-electron chi connectivity index (χ3n) is 1.98. The van der Waals surface area contributed by atoms with Crippen LogP contribution in [0.15, 0.2) is 18.3 Å². The van der Waals surface area contributed by atoms with Gasteiger partial charge in [-0.15, -0.1) is 10.2 Å². The first-order valence-electron chi connectivity index (χ1n) is 4.88. The lowest BCUT2D eigenvalue weighted by molar-refractivity contribution is 0.0949. The smallest absolute Gasteiger partial charge is 0.269 e. The number of nitrogens with one attached hydrogen (secondary N) is 2. The minimum Gasteiger partial charge on any atom is -0.350 e. The molecule has 0 aliphatic carbocycles. The molecule has 0 aromatic carbocycles. The number of hydrogen-bond acceptors (Lipinski definition) is 5. The molecule has 0 spiro atoms. The highest BCUT2D eigenvalue weighted by molar-refractivity contribution is 6.30. The highest BCUT2D eigenvalue weighted by Gasteiger charge is 2.06. The maximum Gasteiger partial charge on any atom is 0.269 e. The minimum absolute atomic E-state index is 0.259. The van der Waals surface area contributed by atoms with Crippen LogP contribution in [0.1, 0.15) is 16.3 Å². The summed E-state index contributed by atoms with van der Waals surface area (Å²) in [6.07, 6.45) is 1.94. The molecule has 0 unspecified atom stereocenters. The van der Waals surface area contributed by atoms with E-state index in [9.17, 15) is 4.79 Å². The molecule has 0 aliphatic rings. The molecule has 0 bridgehead atoms. The Morgan fingerprint density at radius 3 is 3.00 bits per heavy atom. The molecule has 1 amide bonds. The first kappa shape index (κ1) is 11.5. The number of tetrazole rings is 1. The lowest BCUT2D eigenvalue weighted by Gasteiger charge is -2.02. The molecule has 0 aliphatic heterocycles. The maximum absolute atomic E-state index is 11.6. The normalized spacial score (nSPS) is 10.2. The van der Waals surface area contributed by atoms with Crippen LogP contribution in [0.25, 0.3) is 0 Å². The third-order valence-corrected chi connectivity index (χ3v) is 2.21. The molecule has 0 saturated heterocycles.